The van der Waals surface area contributed by atoms with Crippen LogP contribution in [-0.4, -0.2) is 25.7 Å². The smallest absolute Gasteiger partial charge is 0.256 e. The van der Waals surface area contributed by atoms with Crippen LogP contribution in [0.25, 0.3) is 16.6 Å². The zero-order valence-corrected chi connectivity index (χ0v) is 13.7. The highest BCUT2D eigenvalue weighted by molar-refractivity contribution is 6.31. The molecule has 7 heteroatoms. The van der Waals surface area contributed by atoms with Gasteiger partial charge in [0.1, 0.15) is 12.7 Å². The average molecular weight is 350 g/mol. The lowest BCUT2D eigenvalue weighted by Gasteiger charge is -2.12. The first kappa shape index (κ1) is 15.3. The van der Waals surface area contributed by atoms with Crippen LogP contribution < -0.4 is 5.32 Å². The molecule has 6 nitrogen and oxygen atoms in total. The van der Waals surface area contributed by atoms with E-state index in [1.165, 1.54) is 6.33 Å². The predicted octanol–water partition coefficient (Wildman–Crippen LogP) is 3.72. The van der Waals surface area contributed by atoms with Crippen molar-refractivity contribution in [3.05, 3.63) is 78.0 Å². The molecule has 0 radical (unpaired) electrons. The number of fused-ring (bicyclic) bond motifs is 1. The second-order valence-corrected chi connectivity index (χ2v) is 5.77. The van der Waals surface area contributed by atoms with Crippen molar-refractivity contribution < 1.29 is 4.79 Å². The molecule has 4 rings (SSSR count). The van der Waals surface area contributed by atoms with E-state index < -0.39 is 0 Å². The van der Waals surface area contributed by atoms with Gasteiger partial charge < -0.3 is 5.32 Å². The van der Waals surface area contributed by atoms with Gasteiger partial charge in [-0.25, -0.2) is 9.67 Å². The molecule has 0 fully saturated rings. The maximum absolute atomic E-state index is 12.8. The van der Waals surface area contributed by atoms with Gasteiger partial charge in [0.25, 0.3) is 5.91 Å². The number of aromatic nitrogens is 4. The lowest BCUT2D eigenvalue weighted by Crippen LogP contribution is -2.14. The van der Waals surface area contributed by atoms with Crippen LogP contribution in [-0.2, 0) is 0 Å². The van der Waals surface area contributed by atoms with Crippen LogP contribution in [0.4, 0.5) is 5.69 Å². The van der Waals surface area contributed by atoms with E-state index in [9.17, 15) is 4.79 Å². The largest absolute Gasteiger partial charge is 0.320 e. The molecule has 0 bridgehead atoms. The van der Waals surface area contributed by atoms with Crippen molar-refractivity contribution in [3.63, 3.8) is 0 Å². The molecule has 2 heterocycles. The Morgan fingerprint density at radius 1 is 1.12 bits per heavy atom. The normalized spacial score (nSPS) is 10.8. The summed E-state index contributed by atoms with van der Waals surface area (Å²) in [4.78, 5) is 21.1. The summed E-state index contributed by atoms with van der Waals surface area (Å²) in [5.74, 6) is -0.248. The third-order valence-electron chi connectivity index (χ3n) is 3.76. The zero-order valence-electron chi connectivity index (χ0n) is 12.9. The Hall–Kier alpha value is -3.25. The maximum atomic E-state index is 12.8. The summed E-state index contributed by atoms with van der Waals surface area (Å²) in [5, 5.41) is 8.31. The molecule has 0 saturated carbocycles. The van der Waals surface area contributed by atoms with Gasteiger partial charge in [0.2, 0.25) is 0 Å². The van der Waals surface area contributed by atoms with Crippen molar-refractivity contribution in [3.8, 4) is 5.69 Å². The molecule has 0 aliphatic rings. The average Bonchev–Trinajstić information content (AvgIpc) is 3.15. The first-order valence-electron chi connectivity index (χ1n) is 7.52. The fourth-order valence-electron chi connectivity index (χ4n) is 2.63. The number of carbonyl (C=O) groups excluding carboxylic acids is 1. The number of rotatable bonds is 3. The van der Waals surface area contributed by atoms with Crippen molar-refractivity contribution in [2.24, 2.45) is 0 Å². The molecular weight excluding hydrogens is 338 g/mol. The number of nitrogens with zero attached hydrogens (tertiary/aromatic N) is 4. The van der Waals surface area contributed by atoms with Crippen LogP contribution in [0, 0.1) is 0 Å². The Balaban J connectivity index is 1.75. The number of hydrogen-bond donors (Lipinski definition) is 1. The maximum Gasteiger partial charge on any atom is 0.256 e. The van der Waals surface area contributed by atoms with Crippen LogP contribution in [0.1, 0.15) is 10.4 Å². The molecule has 2 aromatic carbocycles. The van der Waals surface area contributed by atoms with Crippen molar-refractivity contribution >= 4 is 34.1 Å². The third kappa shape index (κ3) is 2.95. The second kappa shape index (κ2) is 6.33. The van der Waals surface area contributed by atoms with E-state index in [4.69, 9.17) is 11.6 Å². The fraction of sp³-hybridized carbons (Fsp3) is 0. The standard InChI is InChI=1S/C18H12ClN5O/c19-12-6-7-17(24-11-20-10-22-24)16(9-12)23-18(25)14-3-1-5-15-13(14)4-2-8-21-15/h1-11H,(H,23,25). The van der Waals surface area contributed by atoms with Crippen molar-refractivity contribution in [1.29, 1.82) is 0 Å². The summed E-state index contributed by atoms with van der Waals surface area (Å²) in [6.07, 6.45) is 4.68. The molecule has 0 aliphatic heterocycles. The van der Waals surface area contributed by atoms with Gasteiger partial charge in [-0.15, -0.1) is 0 Å². The van der Waals surface area contributed by atoms with Crippen LogP contribution >= 0.6 is 11.6 Å². The molecule has 0 saturated heterocycles. The number of benzene rings is 2. The van der Waals surface area contributed by atoms with Gasteiger partial charge in [-0.05, 0) is 36.4 Å². The summed E-state index contributed by atoms with van der Waals surface area (Å²) < 4.78 is 1.57. The van der Waals surface area contributed by atoms with Gasteiger partial charge in [-0.3, -0.25) is 9.78 Å². The van der Waals surface area contributed by atoms with E-state index in [0.717, 1.165) is 10.9 Å². The minimum atomic E-state index is -0.248. The molecule has 0 unspecified atom stereocenters. The number of nitrogens with one attached hydrogen (secondary N) is 1. The Morgan fingerprint density at radius 2 is 2.04 bits per heavy atom. The minimum Gasteiger partial charge on any atom is -0.320 e. The van der Waals surface area contributed by atoms with Crippen LogP contribution in [0.15, 0.2) is 67.4 Å². The summed E-state index contributed by atoms with van der Waals surface area (Å²) in [7, 11) is 0. The van der Waals surface area contributed by atoms with E-state index in [1.807, 2.05) is 12.1 Å². The number of hydrogen-bond acceptors (Lipinski definition) is 4. The Kier molecular flexibility index (Phi) is 3.87. The highest BCUT2D eigenvalue weighted by Crippen LogP contribution is 2.25. The highest BCUT2D eigenvalue weighted by atomic mass is 35.5. The lowest BCUT2D eigenvalue weighted by molar-refractivity contribution is 0.102. The lowest BCUT2D eigenvalue weighted by atomic mass is 10.1. The van der Waals surface area contributed by atoms with E-state index in [1.54, 1.807) is 53.6 Å². The van der Waals surface area contributed by atoms with Gasteiger partial charge in [-0.1, -0.05) is 23.7 Å². The number of amides is 1. The molecule has 1 amide bonds. The first-order chi connectivity index (χ1) is 12.2. The summed E-state index contributed by atoms with van der Waals surface area (Å²) in [5.41, 5.74) is 2.52. The van der Waals surface area contributed by atoms with Crippen molar-refractivity contribution in [2.75, 3.05) is 5.32 Å². The second-order valence-electron chi connectivity index (χ2n) is 5.33. The molecule has 0 atom stereocenters. The highest BCUT2D eigenvalue weighted by Gasteiger charge is 2.14. The van der Waals surface area contributed by atoms with Crippen molar-refractivity contribution in [1.82, 2.24) is 19.7 Å². The number of pyridine rings is 1. The molecule has 122 valence electrons. The fourth-order valence-corrected chi connectivity index (χ4v) is 2.80. The molecule has 1 N–H and O–H groups in total. The van der Waals surface area contributed by atoms with Crippen LogP contribution in [0.5, 0.6) is 0 Å². The molecule has 0 aliphatic carbocycles. The molecule has 2 aromatic heterocycles. The van der Waals surface area contributed by atoms with Crippen molar-refractivity contribution in [2.45, 2.75) is 0 Å². The van der Waals surface area contributed by atoms with Gasteiger partial charge in [0, 0.05) is 22.2 Å². The van der Waals surface area contributed by atoms with E-state index in [2.05, 4.69) is 20.4 Å². The Morgan fingerprint density at radius 3 is 2.88 bits per heavy atom. The quantitative estimate of drug-likeness (QED) is 0.611. The first-order valence-corrected chi connectivity index (χ1v) is 7.90. The number of carbonyl (C=O) groups is 1. The van der Waals surface area contributed by atoms with Crippen LogP contribution in [0.2, 0.25) is 5.02 Å². The molecule has 4 aromatic rings. The number of anilines is 1. The minimum absolute atomic E-state index is 0.248. The van der Waals surface area contributed by atoms with E-state index in [0.29, 0.717) is 22.0 Å². The van der Waals surface area contributed by atoms with E-state index >= 15 is 0 Å². The van der Waals surface area contributed by atoms with Gasteiger partial charge >= 0.3 is 0 Å². The molecule has 0 spiro atoms. The van der Waals surface area contributed by atoms with Crippen LogP contribution in [0.3, 0.4) is 0 Å². The molecule has 25 heavy (non-hydrogen) atoms. The van der Waals surface area contributed by atoms with Gasteiger partial charge in [0.05, 0.1) is 16.9 Å². The number of halogens is 1. The zero-order chi connectivity index (χ0) is 17.2. The third-order valence-corrected chi connectivity index (χ3v) is 4.00. The summed E-state index contributed by atoms with van der Waals surface area (Å²) in [6.45, 7) is 0. The monoisotopic (exact) mass is 349 g/mol. The SMILES string of the molecule is O=C(Nc1cc(Cl)ccc1-n1cncn1)c1cccc2ncccc12. The van der Waals surface area contributed by atoms with Gasteiger partial charge in [-0.2, -0.15) is 5.10 Å². The Bertz CT molecular complexity index is 1060. The Labute approximate surface area is 148 Å². The topological polar surface area (TPSA) is 72.7 Å². The predicted molar refractivity (Wildman–Crippen MR) is 96.1 cm³/mol. The molecular formula is C18H12ClN5O. The summed E-state index contributed by atoms with van der Waals surface area (Å²) in [6, 6.07) is 14.3. The van der Waals surface area contributed by atoms with Gasteiger partial charge in [0.15, 0.2) is 0 Å². The summed E-state index contributed by atoms with van der Waals surface area (Å²) >= 11 is 6.10. The van der Waals surface area contributed by atoms with E-state index in [-0.39, 0.29) is 5.91 Å².